The Bertz CT molecular complexity index is 625. The second-order valence-corrected chi connectivity index (χ2v) is 4.61. The molecule has 1 aliphatic rings. The van der Waals surface area contributed by atoms with Crippen LogP contribution in [0.3, 0.4) is 0 Å². The molecule has 1 aromatic heterocycles. The molecular weight excluding hydrogens is 268 g/mol. The van der Waals surface area contributed by atoms with Crippen LogP contribution < -0.4 is 15.2 Å². The minimum absolute atomic E-state index is 0.322. The van der Waals surface area contributed by atoms with Gasteiger partial charge in [-0.2, -0.15) is 0 Å². The van der Waals surface area contributed by atoms with E-state index in [1.165, 1.54) is 0 Å². The van der Waals surface area contributed by atoms with Crippen LogP contribution in [0, 0.1) is 0 Å². The van der Waals surface area contributed by atoms with Gasteiger partial charge in [0.25, 0.3) is 0 Å². The maximum atomic E-state index is 6.32. The number of anilines is 1. The highest BCUT2D eigenvalue weighted by molar-refractivity contribution is 6.33. The minimum atomic E-state index is 0.322. The molecule has 1 aliphatic heterocycles. The van der Waals surface area contributed by atoms with E-state index in [2.05, 4.69) is 5.16 Å². The summed E-state index contributed by atoms with van der Waals surface area (Å²) in [7, 11) is 0. The molecule has 6 heteroatoms. The van der Waals surface area contributed by atoms with E-state index >= 15 is 0 Å². The maximum absolute atomic E-state index is 6.32. The van der Waals surface area contributed by atoms with Crippen molar-refractivity contribution < 1.29 is 14.0 Å². The summed E-state index contributed by atoms with van der Waals surface area (Å²) in [6.07, 6.45) is 0.738. The second-order valence-electron chi connectivity index (χ2n) is 4.21. The van der Waals surface area contributed by atoms with Crippen molar-refractivity contribution in [2.24, 2.45) is 0 Å². The normalized spacial score (nSPS) is 13.6. The smallest absolute Gasteiger partial charge is 0.170 e. The average Bonchev–Trinajstić information content (AvgIpc) is 2.83. The van der Waals surface area contributed by atoms with E-state index in [1.807, 2.05) is 6.92 Å². The number of halogens is 1. The SMILES string of the molecule is CCc1c2c(cc(Cl)c1-c1cc(N)no1)OCCO2. The third-order valence-electron chi connectivity index (χ3n) is 3.01. The van der Waals surface area contributed by atoms with Crippen LogP contribution in [0.4, 0.5) is 5.82 Å². The molecule has 0 saturated heterocycles. The van der Waals surface area contributed by atoms with Gasteiger partial charge < -0.3 is 19.7 Å². The van der Waals surface area contributed by atoms with Gasteiger partial charge >= 0.3 is 0 Å². The van der Waals surface area contributed by atoms with Gasteiger partial charge in [0, 0.05) is 23.3 Å². The zero-order valence-corrected chi connectivity index (χ0v) is 11.2. The molecule has 2 aromatic rings. The van der Waals surface area contributed by atoms with Gasteiger partial charge in [-0.3, -0.25) is 0 Å². The highest BCUT2D eigenvalue weighted by Crippen LogP contribution is 2.44. The Hall–Kier alpha value is -1.88. The Morgan fingerprint density at radius 2 is 2.11 bits per heavy atom. The second kappa shape index (κ2) is 4.66. The zero-order valence-electron chi connectivity index (χ0n) is 10.4. The number of ether oxygens (including phenoxy) is 2. The number of nitrogen functional groups attached to an aromatic ring is 1. The van der Waals surface area contributed by atoms with E-state index in [1.54, 1.807) is 12.1 Å². The molecule has 2 N–H and O–H groups in total. The summed E-state index contributed by atoms with van der Waals surface area (Å²) in [4.78, 5) is 0. The molecule has 0 atom stereocenters. The van der Waals surface area contributed by atoms with Crippen molar-refractivity contribution in [2.75, 3.05) is 18.9 Å². The number of nitrogens with two attached hydrogens (primary N) is 1. The lowest BCUT2D eigenvalue weighted by atomic mass is 10.0. The van der Waals surface area contributed by atoms with Crippen molar-refractivity contribution in [3.8, 4) is 22.8 Å². The van der Waals surface area contributed by atoms with E-state index in [4.69, 9.17) is 31.3 Å². The molecular formula is C13H13ClN2O3. The monoisotopic (exact) mass is 280 g/mol. The van der Waals surface area contributed by atoms with Crippen LogP contribution in [0.25, 0.3) is 11.3 Å². The van der Waals surface area contributed by atoms with E-state index in [0.717, 1.165) is 23.3 Å². The lowest BCUT2D eigenvalue weighted by molar-refractivity contribution is 0.170. The van der Waals surface area contributed by atoms with Crippen molar-refractivity contribution in [3.63, 3.8) is 0 Å². The van der Waals surface area contributed by atoms with E-state index in [0.29, 0.717) is 35.6 Å². The summed E-state index contributed by atoms with van der Waals surface area (Å²) in [5.74, 6) is 2.26. The lowest BCUT2D eigenvalue weighted by Gasteiger charge is -2.23. The largest absolute Gasteiger partial charge is 0.486 e. The third kappa shape index (κ3) is 2.00. The Balaban J connectivity index is 2.23. The number of nitrogens with zero attached hydrogens (tertiary/aromatic N) is 1. The molecule has 100 valence electrons. The first kappa shape index (κ1) is 12.2. The van der Waals surface area contributed by atoms with Crippen molar-refractivity contribution in [2.45, 2.75) is 13.3 Å². The molecule has 0 radical (unpaired) electrons. The Kier molecular flexibility index (Phi) is 2.98. The van der Waals surface area contributed by atoms with Crippen LogP contribution in [-0.4, -0.2) is 18.4 Å². The molecule has 1 aromatic carbocycles. The highest BCUT2D eigenvalue weighted by atomic mass is 35.5. The van der Waals surface area contributed by atoms with Gasteiger partial charge in [-0.1, -0.05) is 23.7 Å². The molecule has 0 fully saturated rings. The number of hydrogen-bond donors (Lipinski definition) is 1. The molecule has 19 heavy (non-hydrogen) atoms. The Morgan fingerprint density at radius 1 is 1.32 bits per heavy atom. The van der Waals surface area contributed by atoms with Crippen LogP contribution >= 0.6 is 11.6 Å². The van der Waals surface area contributed by atoms with Crippen molar-refractivity contribution in [1.29, 1.82) is 0 Å². The summed E-state index contributed by atoms with van der Waals surface area (Å²) >= 11 is 6.32. The third-order valence-corrected chi connectivity index (χ3v) is 3.31. The van der Waals surface area contributed by atoms with Gasteiger partial charge in [-0.05, 0) is 6.42 Å². The van der Waals surface area contributed by atoms with Crippen LogP contribution in [0.1, 0.15) is 12.5 Å². The maximum Gasteiger partial charge on any atom is 0.170 e. The average molecular weight is 281 g/mol. The fraction of sp³-hybridized carbons (Fsp3) is 0.308. The van der Waals surface area contributed by atoms with Gasteiger partial charge in [-0.25, -0.2) is 0 Å². The molecule has 0 bridgehead atoms. The first-order valence-electron chi connectivity index (χ1n) is 6.04. The molecule has 5 nitrogen and oxygen atoms in total. The van der Waals surface area contributed by atoms with Crippen molar-refractivity contribution in [1.82, 2.24) is 5.16 Å². The summed E-state index contributed by atoms with van der Waals surface area (Å²) in [5, 5.41) is 4.23. The van der Waals surface area contributed by atoms with E-state index < -0.39 is 0 Å². The highest BCUT2D eigenvalue weighted by Gasteiger charge is 2.24. The van der Waals surface area contributed by atoms with Crippen LogP contribution in [-0.2, 0) is 6.42 Å². The number of hydrogen-bond acceptors (Lipinski definition) is 5. The van der Waals surface area contributed by atoms with Crippen LogP contribution in [0.2, 0.25) is 5.02 Å². The minimum Gasteiger partial charge on any atom is -0.486 e. The number of fused-ring (bicyclic) bond motifs is 1. The number of rotatable bonds is 2. The predicted octanol–water partition coefficient (Wildman–Crippen LogP) is 2.91. The van der Waals surface area contributed by atoms with Gasteiger partial charge in [0.15, 0.2) is 23.1 Å². The Morgan fingerprint density at radius 3 is 2.79 bits per heavy atom. The predicted molar refractivity (Wildman–Crippen MR) is 71.7 cm³/mol. The number of aromatic nitrogens is 1. The summed E-state index contributed by atoms with van der Waals surface area (Å²) in [6.45, 7) is 3.08. The van der Waals surface area contributed by atoms with E-state index in [9.17, 15) is 0 Å². The first-order chi connectivity index (χ1) is 9.20. The molecule has 2 heterocycles. The summed E-state index contributed by atoms with van der Waals surface area (Å²) < 4.78 is 16.5. The lowest BCUT2D eigenvalue weighted by Crippen LogP contribution is -2.17. The molecule has 0 spiro atoms. The van der Waals surface area contributed by atoms with Crippen molar-refractivity contribution in [3.05, 3.63) is 22.7 Å². The fourth-order valence-corrected chi connectivity index (χ4v) is 2.54. The molecule has 0 amide bonds. The number of benzene rings is 1. The van der Waals surface area contributed by atoms with Gasteiger partial charge in [0.05, 0.1) is 5.02 Å². The summed E-state index contributed by atoms with van der Waals surface area (Å²) in [5.41, 5.74) is 7.30. The topological polar surface area (TPSA) is 70.5 Å². The van der Waals surface area contributed by atoms with Gasteiger partial charge in [-0.15, -0.1) is 0 Å². The molecule has 0 aliphatic carbocycles. The fourth-order valence-electron chi connectivity index (χ4n) is 2.23. The standard InChI is InChI=1S/C13H13ClN2O3/c1-2-7-12(9-6-11(15)16-19-9)8(14)5-10-13(7)18-4-3-17-10/h5-6H,2-4H2,1H3,(H2,15,16). The van der Waals surface area contributed by atoms with Crippen LogP contribution in [0.15, 0.2) is 16.7 Å². The van der Waals surface area contributed by atoms with Crippen molar-refractivity contribution >= 4 is 17.4 Å². The van der Waals surface area contributed by atoms with E-state index in [-0.39, 0.29) is 0 Å². The molecule has 0 unspecified atom stereocenters. The quantitative estimate of drug-likeness (QED) is 0.916. The van der Waals surface area contributed by atoms with Gasteiger partial charge in [0.1, 0.15) is 13.2 Å². The Labute approximate surface area is 115 Å². The first-order valence-corrected chi connectivity index (χ1v) is 6.42. The molecule has 3 rings (SSSR count). The summed E-state index contributed by atoms with van der Waals surface area (Å²) in [6, 6.07) is 3.39. The van der Waals surface area contributed by atoms with Crippen LogP contribution in [0.5, 0.6) is 11.5 Å². The zero-order chi connectivity index (χ0) is 13.4. The molecule has 0 saturated carbocycles. The van der Waals surface area contributed by atoms with Gasteiger partial charge in [0.2, 0.25) is 0 Å².